The Balaban J connectivity index is 2.69. The van der Waals surface area contributed by atoms with Crippen molar-refractivity contribution in [3.8, 4) is 0 Å². The van der Waals surface area contributed by atoms with E-state index in [4.69, 9.17) is 4.74 Å². The lowest BCUT2D eigenvalue weighted by Gasteiger charge is -2.06. The summed E-state index contributed by atoms with van der Waals surface area (Å²) in [5, 5.41) is 4.05. The maximum atomic E-state index is 11.9. The van der Waals surface area contributed by atoms with Crippen molar-refractivity contribution in [1.29, 1.82) is 0 Å². The first-order chi connectivity index (χ1) is 8.04. The fourth-order valence-electron chi connectivity index (χ4n) is 1.47. The predicted octanol–water partition coefficient (Wildman–Crippen LogP) is 0.972. The summed E-state index contributed by atoms with van der Waals surface area (Å²) in [7, 11) is 1.49. The molecule has 0 unspecified atom stereocenters. The van der Waals surface area contributed by atoms with E-state index in [1.54, 1.807) is 19.2 Å². The molecule has 2 aromatic rings. The molecule has 2 rings (SSSR count). The lowest BCUT2D eigenvalue weighted by atomic mass is 10.5. The van der Waals surface area contributed by atoms with E-state index >= 15 is 0 Å². The molecule has 0 aromatic carbocycles. The molecule has 7 heteroatoms. The molecule has 90 valence electrons. The third-order valence-corrected chi connectivity index (χ3v) is 2.70. The van der Waals surface area contributed by atoms with Gasteiger partial charge in [-0.3, -0.25) is 9.36 Å². The van der Waals surface area contributed by atoms with Crippen molar-refractivity contribution in [2.75, 3.05) is 6.61 Å². The van der Waals surface area contributed by atoms with Crippen molar-refractivity contribution in [3.05, 3.63) is 32.9 Å². The smallest absolute Gasteiger partial charge is 0.376 e. The normalized spacial score (nSPS) is 10.8. The minimum atomic E-state index is -0.612. The summed E-state index contributed by atoms with van der Waals surface area (Å²) in [5.74, 6) is -0.633. The summed E-state index contributed by atoms with van der Waals surface area (Å²) >= 11 is 3.25. The second-order valence-electron chi connectivity index (χ2n) is 3.40. The van der Waals surface area contributed by atoms with Crippen LogP contribution in [-0.2, 0) is 11.8 Å². The summed E-state index contributed by atoms with van der Waals surface area (Å²) < 4.78 is 8.10. The summed E-state index contributed by atoms with van der Waals surface area (Å²) in [6, 6.07) is 1.64. The van der Waals surface area contributed by atoms with Gasteiger partial charge in [-0.1, -0.05) is 0 Å². The number of nitrogens with zero attached hydrogens (tertiary/aromatic N) is 3. The van der Waals surface area contributed by atoms with Crippen molar-refractivity contribution < 1.29 is 9.53 Å². The van der Waals surface area contributed by atoms with E-state index in [1.165, 1.54) is 16.1 Å². The molecule has 0 spiro atoms. The molecule has 0 aliphatic rings. The van der Waals surface area contributed by atoms with Crippen LogP contribution in [0.3, 0.4) is 0 Å². The number of rotatable bonds is 2. The Kier molecular flexibility index (Phi) is 3.01. The van der Waals surface area contributed by atoms with Gasteiger partial charge in [0.1, 0.15) is 5.52 Å². The zero-order chi connectivity index (χ0) is 12.6. The zero-order valence-electron chi connectivity index (χ0n) is 9.31. The van der Waals surface area contributed by atoms with Gasteiger partial charge in [0.25, 0.3) is 5.56 Å². The first-order valence-corrected chi connectivity index (χ1v) is 5.76. The number of halogens is 1. The average molecular weight is 300 g/mol. The van der Waals surface area contributed by atoms with Gasteiger partial charge in [-0.05, 0) is 28.9 Å². The lowest BCUT2D eigenvalue weighted by molar-refractivity contribution is 0.0503. The molecular formula is C10H10BrN3O3. The maximum absolute atomic E-state index is 11.9. The Labute approximate surface area is 105 Å². The van der Waals surface area contributed by atoms with Gasteiger partial charge in [-0.2, -0.15) is 0 Å². The molecule has 2 heterocycles. The van der Waals surface area contributed by atoms with Crippen LogP contribution in [-0.4, -0.2) is 26.8 Å². The Morgan fingerprint density at radius 3 is 2.94 bits per heavy atom. The van der Waals surface area contributed by atoms with Crippen molar-refractivity contribution in [3.63, 3.8) is 0 Å². The highest BCUT2D eigenvalue weighted by molar-refractivity contribution is 9.10. The number of carbonyl (C=O) groups excluding carboxylic acids is 1. The zero-order valence-corrected chi connectivity index (χ0v) is 10.9. The molecule has 0 bridgehead atoms. The van der Waals surface area contributed by atoms with E-state index in [0.29, 0.717) is 5.52 Å². The number of ether oxygens (including phenoxy) is 1. The molecule has 0 aliphatic heterocycles. The molecular weight excluding hydrogens is 290 g/mol. The van der Waals surface area contributed by atoms with Crippen LogP contribution in [0.2, 0.25) is 0 Å². The Morgan fingerprint density at radius 1 is 1.59 bits per heavy atom. The molecule has 0 saturated heterocycles. The Bertz CT molecular complexity index is 644. The van der Waals surface area contributed by atoms with E-state index in [1.807, 2.05) is 0 Å². The summed E-state index contributed by atoms with van der Waals surface area (Å²) in [6.07, 6.45) is 1.61. The van der Waals surface area contributed by atoms with E-state index < -0.39 is 5.97 Å². The second kappa shape index (κ2) is 4.33. The van der Waals surface area contributed by atoms with E-state index in [9.17, 15) is 9.59 Å². The molecule has 0 fully saturated rings. The van der Waals surface area contributed by atoms with E-state index in [0.717, 1.165) is 4.47 Å². The average Bonchev–Trinajstić information content (AvgIpc) is 2.65. The molecule has 17 heavy (non-hydrogen) atoms. The van der Waals surface area contributed by atoms with Crippen LogP contribution < -0.4 is 5.56 Å². The number of hydrogen-bond donors (Lipinski definition) is 0. The summed E-state index contributed by atoms with van der Waals surface area (Å²) in [4.78, 5) is 23.5. The monoisotopic (exact) mass is 299 g/mol. The van der Waals surface area contributed by atoms with Crippen molar-refractivity contribution >= 4 is 27.4 Å². The largest absolute Gasteiger partial charge is 0.460 e. The van der Waals surface area contributed by atoms with Crippen LogP contribution >= 0.6 is 15.9 Å². The number of fused-ring (bicyclic) bond motifs is 1. The van der Waals surface area contributed by atoms with Crippen LogP contribution in [0.15, 0.2) is 21.5 Å². The number of aromatic nitrogens is 3. The SMILES string of the molecule is CCOC(=O)c1nn2cc(Br)cc2c(=O)n1C. The van der Waals surface area contributed by atoms with Gasteiger partial charge in [0.05, 0.1) is 6.61 Å². The fraction of sp³-hybridized carbons (Fsp3) is 0.300. The first kappa shape index (κ1) is 11.8. The molecule has 0 aliphatic carbocycles. The summed E-state index contributed by atoms with van der Waals surface area (Å²) in [5.41, 5.74) is 0.0983. The van der Waals surface area contributed by atoms with Crippen LogP contribution in [0.1, 0.15) is 17.5 Å². The standard InChI is InChI=1S/C10H10BrN3O3/c1-3-17-10(16)8-12-14-5-6(11)4-7(14)9(15)13(8)2/h4-5H,3H2,1-2H3. The van der Waals surface area contributed by atoms with Gasteiger partial charge in [0.15, 0.2) is 0 Å². The van der Waals surface area contributed by atoms with Crippen molar-refractivity contribution in [2.24, 2.45) is 7.05 Å². The van der Waals surface area contributed by atoms with Gasteiger partial charge in [-0.25, -0.2) is 9.31 Å². The van der Waals surface area contributed by atoms with Crippen LogP contribution in [0.5, 0.6) is 0 Å². The first-order valence-electron chi connectivity index (χ1n) is 4.96. The topological polar surface area (TPSA) is 65.6 Å². The van der Waals surface area contributed by atoms with Gasteiger partial charge in [0.2, 0.25) is 5.82 Å². The van der Waals surface area contributed by atoms with Crippen LogP contribution in [0.25, 0.3) is 5.52 Å². The maximum Gasteiger partial charge on any atom is 0.376 e. The second-order valence-corrected chi connectivity index (χ2v) is 4.31. The predicted molar refractivity (Wildman–Crippen MR) is 64.1 cm³/mol. The molecule has 0 N–H and O–H groups in total. The molecule has 0 radical (unpaired) electrons. The molecule has 0 amide bonds. The van der Waals surface area contributed by atoms with Gasteiger partial charge >= 0.3 is 5.97 Å². The lowest BCUT2D eigenvalue weighted by Crippen LogP contribution is -2.28. The Hall–Kier alpha value is -1.63. The fourth-order valence-corrected chi connectivity index (χ4v) is 1.88. The van der Waals surface area contributed by atoms with E-state index in [-0.39, 0.29) is 18.0 Å². The Morgan fingerprint density at radius 2 is 2.29 bits per heavy atom. The molecule has 0 saturated carbocycles. The summed E-state index contributed by atoms with van der Waals surface area (Å²) in [6.45, 7) is 1.93. The highest BCUT2D eigenvalue weighted by Gasteiger charge is 2.16. The highest BCUT2D eigenvalue weighted by atomic mass is 79.9. The van der Waals surface area contributed by atoms with Gasteiger partial charge < -0.3 is 4.74 Å². The van der Waals surface area contributed by atoms with Crippen molar-refractivity contribution in [1.82, 2.24) is 14.2 Å². The minimum absolute atomic E-state index is 0.0209. The third-order valence-electron chi connectivity index (χ3n) is 2.27. The van der Waals surface area contributed by atoms with E-state index in [2.05, 4.69) is 21.0 Å². The third kappa shape index (κ3) is 1.97. The number of hydrogen-bond acceptors (Lipinski definition) is 4. The van der Waals surface area contributed by atoms with Crippen LogP contribution in [0, 0.1) is 0 Å². The van der Waals surface area contributed by atoms with Crippen LogP contribution in [0.4, 0.5) is 0 Å². The highest BCUT2D eigenvalue weighted by Crippen LogP contribution is 2.12. The quantitative estimate of drug-likeness (QED) is 0.775. The van der Waals surface area contributed by atoms with Gasteiger partial charge in [0, 0.05) is 17.7 Å². The molecule has 2 aromatic heterocycles. The number of carbonyl (C=O) groups is 1. The van der Waals surface area contributed by atoms with Crippen molar-refractivity contribution in [2.45, 2.75) is 6.92 Å². The number of esters is 1. The molecule has 0 atom stereocenters. The minimum Gasteiger partial charge on any atom is -0.460 e. The van der Waals surface area contributed by atoms with Gasteiger partial charge in [-0.15, -0.1) is 5.10 Å². The molecule has 6 nitrogen and oxygen atoms in total.